The predicted octanol–water partition coefficient (Wildman–Crippen LogP) is 8.46. The first-order valence-corrected chi connectivity index (χ1v) is 14.3. The Bertz CT molecular complexity index is 1550. The lowest BCUT2D eigenvalue weighted by Gasteiger charge is -2.16. The molecule has 0 unspecified atom stereocenters. The van der Waals surface area contributed by atoms with E-state index in [1.165, 1.54) is 35.1 Å². The van der Waals surface area contributed by atoms with Gasteiger partial charge in [-0.3, -0.25) is 4.72 Å². The van der Waals surface area contributed by atoms with E-state index in [1.807, 2.05) is 12.1 Å². The minimum Gasteiger partial charge on any atom is -0.429 e. The molecule has 0 saturated heterocycles. The number of aryl methyl sites for hydroxylation is 2. The molecule has 1 aromatic heterocycles. The zero-order chi connectivity index (χ0) is 27.0. The summed E-state index contributed by atoms with van der Waals surface area (Å²) in [5.41, 5.74) is 2.50. The van der Waals surface area contributed by atoms with Crippen molar-refractivity contribution in [1.29, 1.82) is 0 Å². The molecule has 0 aliphatic heterocycles. The third-order valence-corrected chi connectivity index (χ3v) is 8.15. The van der Waals surface area contributed by atoms with Gasteiger partial charge in [0.15, 0.2) is 11.5 Å². The predicted molar refractivity (Wildman–Crippen MR) is 142 cm³/mol. The van der Waals surface area contributed by atoms with E-state index in [-0.39, 0.29) is 20.9 Å². The number of ether oxygens (including phenoxy) is 2. The highest BCUT2D eigenvalue weighted by molar-refractivity contribution is 9.10. The van der Waals surface area contributed by atoms with Crippen molar-refractivity contribution in [2.75, 3.05) is 4.72 Å². The van der Waals surface area contributed by atoms with Crippen molar-refractivity contribution in [1.82, 2.24) is 4.98 Å². The smallest absolute Gasteiger partial charge is 0.429 e. The van der Waals surface area contributed by atoms with Gasteiger partial charge in [-0.05, 0) is 66.9 Å². The number of thiazole rings is 1. The first-order valence-electron chi connectivity index (χ1n) is 10.8. The fraction of sp³-hybridized carbons (Fsp3) is 0.208. The third-order valence-electron chi connectivity index (χ3n) is 5.06. The quantitative estimate of drug-likeness (QED) is 0.210. The largest absolute Gasteiger partial charge is 0.573 e. The lowest BCUT2D eigenvalue weighted by molar-refractivity contribution is -0.275. The van der Waals surface area contributed by atoms with E-state index in [4.69, 9.17) is 16.3 Å². The van der Waals surface area contributed by atoms with E-state index in [1.54, 1.807) is 6.92 Å². The van der Waals surface area contributed by atoms with Gasteiger partial charge >= 0.3 is 6.36 Å². The van der Waals surface area contributed by atoms with Gasteiger partial charge in [-0.15, -0.1) is 13.2 Å². The van der Waals surface area contributed by atoms with Crippen LogP contribution in [0.4, 0.5) is 18.9 Å². The molecule has 0 aliphatic carbocycles. The van der Waals surface area contributed by atoms with Crippen molar-refractivity contribution >= 4 is 64.8 Å². The lowest BCUT2D eigenvalue weighted by atomic mass is 10.1. The van der Waals surface area contributed by atoms with Gasteiger partial charge in [-0.25, -0.2) is 13.4 Å². The number of aromatic nitrogens is 1. The molecule has 0 spiro atoms. The van der Waals surface area contributed by atoms with Crippen LogP contribution in [0.25, 0.3) is 10.2 Å². The summed E-state index contributed by atoms with van der Waals surface area (Å²) < 4.78 is 77.6. The fourth-order valence-electron chi connectivity index (χ4n) is 3.56. The standard InChI is InChI=1S/C24H19BrClF3N2O4S2/c1-3-4-14-5-7-18-20(10-14)36-23(30-18)34-22-13(2)9-16(12-17(22)26)31-37(32,33)21-8-6-15(25)11-19(21)35-24(27,28)29/h5-12,31H,3-4H2,1-2H3. The van der Waals surface area contributed by atoms with Crippen LogP contribution in [0.1, 0.15) is 24.5 Å². The number of anilines is 1. The second-order valence-corrected chi connectivity index (χ2v) is 11.9. The molecule has 0 radical (unpaired) electrons. The molecule has 0 bridgehead atoms. The first-order chi connectivity index (χ1) is 17.3. The van der Waals surface area contributed by atoms with Crippen LogP contribution in [0.3, 0.4) is 0 Å². The molecule has 4 rings (SSSR count). The topological polar surface area (TPSA) is 77.5 Å². The molecule has 4 aromatic rings. The highest BCUT2D eigenvalue weighted by Crippen LogP contribution is 2.39. The second-order valence-electron chi connectivity index (χ2n) is 7.98. The Kier molecular flexibility index (Phi) is 7.93. The van der Waals surface area contributed by atoms with Crippen molar-refractivity contribution in [2.24, 2.45) is 0 Å². The molecular weight excluding hydrogens is 617 g/mol. The number of sulfonamides is 1. The monoisotopic (exact) mass is 634 g/mol. The summed E-state index contributed by atoms with van der Waals surface area (Å²) >= 11 is 10.8. The summed E-state index contributed by atoms with van der Waals surface area (Å²) in [5.74, 6) is -0.600. The molecule has 6 nitrogen and oxygen atoms in total. The van der Waals surface area contributed by atoms with Gasteiger partial charge < -0.3 is 9.47 Å². The molecule has 1 N–H and O–H groups in total. The Morgan fingerprint density at radius 2 is 1.89 bits per heavy atom. The zero-order valence-corrected chi connectivity index (χ0v) is 23.3. The average Bonchev–Trinajstić information content (AvgIpc) is 3.17. The number of halogens is 5. The number of hydrogen-bond donors (Lipinski definition) is 1. The Labute approximate surface area is 228 Å². The molecule has 0 saturated carbocycles. The lowest BCUT2D eigenvalue weighted by Crippen LogP contribution is -2.21. The minimum atomic E-state index is -5.08. The van der Waals surface area contributed by atoms with Crippen LogP contribution in [0, 0.1) is 6.92 Å². The molecule has 0 amide bonds. The maximum atomic E-state index is 12.9. The maximum absolute atomic E-state index is 12.9. The SMILES string of the molecule is CCCc1ccc2nc(Oc3c(C)cc(NS(=O)(=O)c4ccc(Br)cc4OC(F)(F)F)cc3Cl)sc2c1. The summed E-state index contributed by atoms with van der Waals surface area (Å²) in [6, 6.07) is 12.0. The number of rotatable bonds is 8. The van der Waals surface area contributed by atoms with Crippen LogP contribution < -0.4 is 14.2 Å². The molecule has 0 atom stereocenters. The Morgan fingerprint density at radius 3 is 2.57 bits per heavy atom. The Balaban J connectivity index is 1.60. The van der Waals surface area contributed by atoms with Gasteiger partial charge in [0.1, 0.15) is 4.90 Å². The van der Waals surface area contributed by atoms with Crippen molar-refractivity contribution in [3.05, 3.63) is 69.2 Å². The van der Waals surface area contributed by atoms with Crippen molar-refractivity contribution in [3.8, 4) is 16.7 Å². The minimum absolute atomic E-state index is 0.0317. The van der Waals surface area contributed by atoms with E-state index >= 15 is 0 Å². The fourth-order valence-corrected chi connectivity index (χ4v) is 6.24. The summed E-state index contributed by atoms with van der Waals surface area (Å²) in [6.45, 7) is 3.76. The number of nitrogens with one attached hydrogen (secondary N) is 1. The highest BCUT2D eigenvalue weighted by Gasteiger charge is 2.34. The molecule has 3 aromatic carbocycles. The van der Waals surface area contributed by atoms with Gasteiger partial charge in [0.05, 0.1) is 20.9 Å². The van der Waals surface area contributed by atoms with E-state index in [2.05, 4.69) is 43.4 Å². The highest BCUT2D eigenvalue weighted by atomic mass is 79.9. The van der Waals surface area contributed by atoms with Gasteiger partial charge in [-0.1, -0.05) is 58.3 Å². The van der Waals surface area contributed by atoms with Crippen LogP contribution in [0.15, 0.2) is 57.9 Å². The van der Waals surface area contributed by atoms with Crippen molar-refractivity contribution in [3.63, 3.8) is 0 Å². The van der Waals surface area contributed by atoms with Crippen LogP contribution >= 0.6 is 38.9 Å². The molecule has 0 aliphatic rings. The zero-order valence-electron chi connectivity index (χ0n) is 19.3. The van der Waals surface area contributed by atoms with Crippen LogP contribution in [-0.4, -0.2) is 19.8 Å². The van der Waals surface area contributed by atoms with Crippen molar-refractivity contribution < 1.29 is 31.1 Å². The van der Waals surface area contributed by atoms with Gasteiger partial charge in [0, 0.05) is 4.47 Å². The van der Waals surface area contributed by atoms with Crippen LogP contribution in [0.2, 0.25) is 5.02 Å². The summed E-state index contributed by atoms with van der Waals surface area (Å²) in [7, 11) is -4.47. The number of hydrogen-bond acceptors (Lipinski definition) is 6. The van der Waals surface area contributed by atoms with Gasteiger partial charge in [0.25, 0.3) is 15.2 Å². The molecule has 37 heavy (non-hydrogen) atoms. The normalized spacial score (nSPS) is 12.1. The molecule has 13 heteroatoms. The van der Waals surface area contributed by atoms with Gasteiger partial charge in [-0.2, -0.15) is 0 Å². The maximum Gasteiger partial charge on any atom is 0.573 e. The van der Waals surface area contributed by atoms with E-state index in [0.717, 1.165) is 35.2 Å². The van der Waals surface area contributed by atoms with Gasteiger partial charge in [0.2, 0.25) is 0 Å². The van der Waals surface area contributed by atoms with E-state index < -0.39 is 27.0 Å². The second kappa shape index (κ2) is 10.7. The van der Waals surface area contributed by atoms with E-state index in [9.17, 15) is 21.6 Å². The number of nitrogens with zero attached hydrogens (tertiary/aromatic N) is 1. The third kappa shape index (κ3) is 6.67. The molecular formula is C24H19BrClF3N2O4S2. The van der Waals surface area contributed by atoms with Crippen LogP contribution in [0.5, 0.6) is 16.7 Å². The van der Waals surface area contributed by atoms with Crippen molar-refractivity contribution in [2.45, 2.75) is 37.9 Å². The number of fused-ring (bicyclic) bond motifs is 1. The number of benzene rings is 3. The molecule has 1 heterocycles. The Hall–Kier alpha value is -2.54. The molecule has 196 valence electrons. The number of alkyl halides is 3. The Morgan fingerprint density at radius 1 is 1.14 bits per heavy atom. The van der Waals surface area contributed by atoms with E-state index in [0.29, 0.717) is 10.8 Å². The summed E-state index contributed by atoms with van der Waals surface area (Å²) in [5, 5.41) is 0.456. The van der Waals surface area contributed by atoms with Crippen LogP contribution in [-0.2, 0) is 16.4 Å². The average molecular weight is 636 g/mol. The first kappa shape index (κ1) is 27.5. The summed E-state index contributed by atoms with van der Waals surface area (Å²) in [4.78, 5) is 3.78. The molecule has 0 fully saturated rings. The summed E-state index contributed by atoms with van der Waals surface area (Å²) in [6.07, 6.45) is -3.10.